The van der Waals surface area contributed by atoms with Gasteiger partial charge in [-0.1, -0.05) is 78.5 Å². The maximum absolute atomic E-state index is 6.21. The summed E-state index contributed by atoms with van der Waals surface area (Å²) in [5, 5.41) is 0. The van der Waals surface area contributed by atoms with E-state index in [1.165, 1.54) is 49.7 Å². The quantitative estimate of drug-likeness (QED) is 0.284. The molecule has 29 heavy (non-hydrogen) atoms. The summed E-state index contributed by atoms with van der Waals surface area (Å²) in [5.74, 6) is 1.07. The summed E-state index contributed by atoms with van der Waals surface area (Å²) in [6, 6.07) is 7.35. The van der Waals surface area contributed by atoms with Crippen molar-refractivity contribution >= 4 is 17.0 Å². The first-order chi connectivity index (χ1) is 13.7. The van der Waals surface area contributed by atoms with Crippen LogP contribution in [-0.4, -0.2) is 18.0 Å². The van der Waals surface area contributed by atoms with Gasteiger partial charge in [0.25, 0.3) is 0 Å². The molecule has 2 rings (SSSR count). The second-order valence-electron chi connectivity index (χ2n) is 8.69. The van der Waals surface area contributed by atoms with Crippen LogP contribution in [0.1, 0.15) is 98.1 Å². The number of hydrogen-bond acceptors (Lipinski definition) is 2. The van der Waals surface area contributed by atoms with Gasteiger partial charge in [0.2, 0.25) is 0 Å². The van der Waals surface area contributed by atoms with E-state index in [9.17, 15) is 0 Å². The van der Waals surface area contributed by atoms with Gasteiger partial charge in [0, 0.05) is 18.2 Å². The van der Waals surface area contributed by atoms with E-state index in [4.69, 9.17) is 21.8 Å². The zero-order valence-electron chi connectivity index (χ0n) is 19.9. The monoisotopic (exact) mass is 520 g/mol. The third-order valence-electron chi connectivity index (χ3n) is 5.08. The van der Waals surface area contributed by atoms with Crippen LogP contribution < -0.4 is 4.74 Å². The minimum absolute atomic E-state index is 0.0850. The number of para-hydroxylation sites is 1. The Kier molecular flexibility index (Phi) is 16.4. The Morgan fingerprint density at radius 2 is 1.59 bits per heavy atom. The normalized spacial score (nSPS) is 15.0. The zero-order valence-corrected chi connectivity index (χ0v) is 23.8. The van der Waals surface area contributed by atoms with Gasteiger partial charge in [-0.05, 0) is 30.9 Å². The summed E-state index contributed by atoms with van der Waals surface area (Å²) in [5.41, 5.74) is 2.70. The number of rotatable bonds is 5. The van der Waals surface area contributed by atoms with Gasteiger partial charge in [-0.2, -0.15) is 20.0 Å². The van der Waals surface area contributed by atoms with E-state index < -0.39 is 20.8 Å². The molecule has 0 radical (unpaired) electrons. The fourth-order valence-corrected chi connectivity index (χ4v) is 3.72. The van der Waals surface area contributed by atoms with Crippen molar-refractivity contribution in [2.45, 2.75) is 105 Å². The molecule has 1 saturated carbocycles. The maximum atomic E-state index is 6.21. The van der Waals surface area contributed by atoms with Crippen molar-refractivity contribution < 1.29 is 25.6 Å². The Bertz CT molecular complexity index is 538. The van der Waals surface area contributed by atoms with Crippen molar-refractivity contribution in [1.82, 2.24) is 4.90 Å². The first-order valence-electron chi connectivity index (χ1n) is 11.0. The molecule has 0 atom stereocenters. The van der Waals surface area contributed by atoms with E-state index in [2.05, 4.69) is 50.9 Å². The van der Waals surface area contributed by atoms with Gasteiger partial charge in [0.1, 0.15) is 0 Å². The number of nitrogens with zero attached hydrogens (tertiary/aromatic N) is 1. The topological polar surface area (TPSA) is 12.5 Å². The van der Waals surface area contributed by atoms with Crippen LogP contribution >= 0.6 is 17.0 Å². The Morgan fingerprint density at radius 3 is 2.03 bits per heavy atom. The number of benzene rings is 1. The Hall–Kier alpha value is 0.443. The van der Waals surface area contributed by atoms with Crippen LogP contribution in [0.15, 0.2) is 18.2 Å². The molecule has 1 aliphatic carbocycles. The van der Waals surface area contributed by atoms with E-state index in [0.717, 1.165) is 18.4 Å². The molecule has 0 aromatic heterocycles. The predicted octanol–water partition coefficient (Wildman–Crippen LogP) is 8.49. The number of ether oxygens (including phenoxy) is 1. The van der Waals surface area contributed by atoms with Crippen molar-refractivity contribution in [1.29, 1.82) is 0 Å². The molecule has 0 amide bonds. The molecule has 1 aromatic rings. The second kappa shape index (κ2) is 16.1. The Morgan fingerprint density at radius 1 is 1.07 bits per heavy atom. The second-order valence-corrected chi connectivity index (χ2v) is 12.4. The molecule has 0 N–H and O–H groups in total. The fraction of sp³-hybridized carbons (Fsp3) is 0.708. The van der Waals surface area contributed by atoms with Crippen LogP contribution in [0.3, 0.4) is 0 Å². The van der Waals surface area contributed by atoms with Crippen LogP contribution in [0.2, 0.25) is 0 Å². The van der Waals surface area contributed by atoms with Gasteiger partial charge in [-0.3, -0.25) is 4.90 Å². The molecular weight excluding hydrogens is 480 g/mol. The van der Waals surface area contributed by atoms with E-state index in [1.807, 2.05) is 27.7 Å². The van der Waals surface area contributed by atoms with Gasteiger partial charge in [-0.25, -0.2) is 0 Å². The molecular formula is C24H42Cl2NOZr-. The molecule has 0 aliphatic heterocycles. The van der Waals surface area contributed by atoms with Crippen molar-refractivity contribution in [2.24, 2.45) is 0 Å². The summed E-state index contributed by atoms with van der Waals surface area (Å²) >= 11 is -0.826. The average Bonchev–Trinajstić information content (AvgIpc) is 2.93. The molecule has 1 fully saturated rings. The van der Waals surface area contributed by atoms with Crippen LogP contribution in [0, 0.1) is 6.10 Å². The first kappa shape index (κ1) is 29.4. The first-order valence-corrected chi connectivity index (χ1v) is 17.3. The summed E-state index contributed by atoms with van der Waals surface area (Å²) in [4.78, 5) is 2.55. The number of halogens is 2. The Labute approximate surface area is 199 Å². The van der Waals surface area contributed by atoms with Crippen LogP contribution in [0.4, 0.5) is 0 Å². The molecule has 0 bridgehead atoms. The van der Waals surface area contributed by atoms with Gasteiger partial charge in [0.15, 0.2) is 0 Å². The number of hydrogen-bond donors (Lipinski definition) is 0. The van der Waals surface area contributed by atoms with E-state index in [1.54, 1.807) is 0 Å². The third-order valence-corrected chi connectivity index (χ3v) is 5.08. The molecule has 168 valence electrons. The molecule has 2 nitrogen and oxygen atoms in total. The summed E-state index contributed by atoms with van der Waals surface area (Å²) < 4.78 is 6.21. The summed E-state index contributed by atoms with van der Waals surface area (Å²) in [6.07, 6.45) is 9.24. The minimum atomic E-state index is -0.826. The van der Waals surface area contributed by atoms with Crippen LogP contribution in [-0.2, 0) is 32.8 Å². The van der Waals surface area contributed by atoms with E-state index in [0.29, 0.717) is 6.04 Å². The Balaban J connectivity index is 0.00000143. The van der Waals surface area contributed by atoms with Crippen molar-refractivity contribution in [2.75, 3.05) is 7.05 Å². The van der Waals surface area contributed by atoms with Crippen molar-refractivity contribution in [3.63, 3.8) is 0 Å². The summed E-state index contributed by atoms with van der Waals surface area (Å²) in [7, 11) is 12.2. The summed E-state index contributed by atoms with van der Waals surface area (Å²) in [6.45, 7) is 15.8. The van der Waals surface area contributed by atoms with Crippen molar-refractivity contribution in [3.8, 4) is 5.75 Å². The zero-order chi connectivity index (χ0) is 22.4. The van der Waals surface area contributed by atoms with Gasteiger partial charge >= 0.3 is 37.9 Å². The fourth-order valence-electron chi connectivity index (χ4n) is 3.72. The molecule has 0 unspecified atom stereocenters. The molecule has 1 aliphatic rings. The SMILES string of the molecule is CC.C[C-](C)Oc1c(CN(C)C2CCCCCC2)cccc1C(C)(C)C.[Cl][Zr][Cl]. The van der Waals surface area contributed by atoms with Gasteiger partial charge < -0.3 is 4.74 Å². The van der Waals surface area contributed by atoms with Gasteiger partial charge in [-0.15, -0.1) is 0 Å². The van der Waals surface area contributed by atoms with Crippen LogP contribution in [0.5, 0.6) is 5.75 Å². The van der Waals surface area contributed by atoms with E-state index >= 15 is 0 Å². The third kappa shape index (κ3) is 11.6. The standard InChI is InChI=1S/C22H36NO.C2H6.2ClH.Zr/c1-17(2)24-21-18(12-11-15-20(21)22(3,4)5)16-23(6)19-13-9-7-8-10-14-19;1-2;;;/h11-12,15,19H,7-10,13-14,16H2,1-6H3;1-2H3;2*1H;/q-1;;;;+2/p-2. The predicted molar refractivity (Wildman–Crippen MR) is 126 cm³/mol. The van der Waals surface area contributed by atoms with E-state index in [-0.39, 0.29) is 5.41 Å². The molecule has 0 saturated heterocycles. The van der Waals surface area contributed by atoms with Gasteiger partial charge in [0.05, 0.1) is 5.75 Å². The van der Waals surface area contributed by atoms with Crippen molar-refractivity contribution in [3.05, 3.63) is 35.4 Å². The average molecular weight is 523 g/mol. The molecule has 0 heterocycles. The molecule has 5 heteroatoms. The molecule has 0 spiro atoms. The van der Waals surface area contributed by atoms with Crippen LogP contribution in [0.25, 0.3) is 0 Å². The molecule has 1 aromatic carbocycles.